The molecule has 2 amide bonds. The molecule has 0 spiro atoms. The number of carbonyl (C=O) groups excluding carboxylic acids is 1. The first-order valence-electron chi connectivity index (χ1n) is 8.92. The first-order chi connectivity index (χ1) is 12.8. The van der Waals surface area contributed by atoms with E-state index in [0.717, 1.165) is 18.4 Å². The van der Waals surface area contributed by atoms with Crippen molar-refractivity contribution in [1.82, 2.24) is 10.2 Å². The van der Waals surface area contributed by atoms with Crippen molar-refractivity contribution < 1.29 is 24.3 Å². The number of urea groups is 1. The highest BCUT2D eigenvalue weighted by molar-refractivity contribution is 8.04. The molecule has 1 aliphatic rings. The van der Waals surface area contributed by atoms with E-state index < -0.39 is 13.7 Å². The summed E-state index contributed by atoms with van der Waals surface area (Å²) in [5.74, 6) is 0.650. The number of thioether (sulfide) groups is 1. The molecule has 1 aliphatic heterocycles. The van der Waals surface area contributed by atoms with Gasteiger partial charge in [-0.2, -0.15) is 0 Å². The van der Waals surface area contributed by atoms with Crippen molar-refractivity contribution >= 4 is 25.4 Å². The number of amides is 2. The average molecular weight is 414 g/mol. The summed E-state index contributed by atoms with van der Waals surface area (Å²) in [5.41, 5.74) is 0.891. The van der Waals surface area contributed by atoms with E-state index in [9.17, 15) is 14.5 Å². The van der Waals surface area contributed by atoms with Crippen LogP contribution < -0.4 is 5.32 Å². The number of carbonyl (C=O) groups is 1. The summed E-state index contributed by atoms with van der Waals surface area (Å²) in [6.45, 7) is 1.09. The van der Waals surface area contributed by atoms with Crippen LogP contribution in [-0.4, -0.2) is 62.3 Å². The van der Waals surface area contributed by atoms with Gasteiger partial charge in [0.2, 0.25) is 0 Å². The molecule has 1 aromatic rings. The molecule has 0 radical (unpaired) electrons. The van der Waals surface area contributed by atoms with Crippen molar-refractivity contribution in [3.05, 3.63) is 48.0 Å². The van der Waals surface area contributed by atoms with Crippen LogP contribution in [0.3, 0.4) is 0 Å². The number of hydrogen-bond acceptors (Lipinski definition) is 4. The summed E-state index contributed by atoms with van der Waals surface area (Å²) in [6.07, 6.45) is 5.07. The van der Waals surface area contributed by atoms with Crippen molar-refractivity contribution in [3.8, 4) is 0 Å². The Bertz CT molecular complexity index is 667. The maximum atomic E-state index is 12.0. The van der Waals surface area contributed by atoms with Crippen LogP contribution in [0.15, 0.2) is 42.5 Å². The zero-order chi connectivity index (χ0) is 19.7. The number of unbranched alkanes of at least 4 members (excludes halogenated alkanes) is 1. The number of rotatable bonds is 11. The number of nitrogens with zero attached hydrogens (tertiary/aromatic N) is 1. The summed E-state index contributed by atoms with van der Waals surface area (Å²) in [4.78, 5) is 31.3. The van der Waals surface area contributed by atoms with Crippen LogP contribution in [0.25, 0.3) is 0 Å². The molecule has 4 N–H and O–H groups in total. The van der Waals surface area contributed by atoms with Gasteiger partial charge in [-0.15, -0.1) is 11.8 Å². The van der Waals surface area contributed by atoms with E-state index in [0.29, 0.717) is 25.3 Å². The van der Waals surface area contributed by atoms with Crippen LogP contribution in [-0.2, 0) is 11.0 Å². The van der Waals surface area contributed by atoms with Crippen molar-refractivity contribution in [2.75, 3.05) is 24.3 Å². The highest BCUT2D eigenvalue weighted by Gasteiger charge is 2.28. The Hall–Kier alpha value is -1.31. The van der Waals surface area contributed by atoms with Crippen molar-refractivity contribution in [1.29, 1.82) is 0 Å². The van der Waals surface area contributed by atoms with Crippen molar-refractivity contribution in [2.45, 2.75) is 31.4 Å². The molecular formula is C18H27N2O5PS. The van der Waals surface area contributed by atoms with E-state index in [1.807, 2.05) is 36.4 Å². The molecule has 150 valence electrons. The van der Waals surface area contributed by atoms with Crippen LogP contribution in [0.4, 0.5) is 4.79 Å². The van der Waals surface area contributed by atoms with Crippen LogP contribution in [0.1, 0.15) is 18.4 Å². The lowest BCUT2D eigenvalue weighted by molar-refractivity contribution is 0.207. The molecule has 0 aliphatic carbocycles. The molecular weight excluding hydrogens is 387 g/mol. The van der Waals surface area contributed by atoms with Gasteiger partial charge in [0.15, 0.2) is 0 Å². The quantitative estimate of drug-likeness (QED) is 0.251. The van der Waals surface area contributed by atoms with Gasteiger partial charge in [0.25, 0.3) is 0 Å². The molecule has 7 nitrogen and oxygen atoms in total. The maximum absolute atomic E-state index is 12.0. The number of hydrogen-bond donors (Lipinski definition) is 4. The minimum Gasteiger partial charge on any atom is -0.389 e. The van der Waals surface area contributed by atoms with E-state index in [1.54, 1.807) is 11.0 Å². The summed E-state index contributed by atoms with van der Waals surface area (Å²) in [7, 11) is -3.94. The lowest BCUT2D eigenvalue weighted by Gasteiger charge is -2.20. The lowest BCUT2D eigenvalue weighted by Crippen LogP contribution is -2.34. The summed E-state index contributed by atoms with van der Waals surface area (Å²) < 4.78 is 10.8. The fourth-order valence-electron chi connectivity index (χ4n) is 2.84. The molecule has 1 heterocycles. The monoisotopic (exact) mass is 414 g/mol. The van der Waals surface area contributed by atoms with Crippen molar-refractivity contribution in [2.24, 2.45) is 0 Å². The molecule has 1 unspecified atom stereocenters. The van der Waals surface area contributed by atoms with Gasteiger partial charge in [-0.1, -0.05) is 42.5 Å². The Balaban J connectivity index is 1.73. The lowest BCUT2D eigenvalue weighted by atomic mass is 10.1. The number of benzene rings is 1. The summed E-state index contributed by atoms with van der Waals surface area (Å²) in [5, 5.41) is 13.0. The Kier molecular flexibility index (Phi) is 8.86. The third-order valence-electron chi connectivity index (χ3n) is 4.16. The number of aliphatic hydroxyl groups is 1. The fraction of sp³-hybridized carbons (Fsp3) is 0.500. The molecule has 0 bridgehead atoms. The van der Waals surface area contributed by atoms with E-state index in [1.165, 1.54) is 11.8 Å². The van der Waals surface area contributed by atoms with Crippen molar-refractivity contribution in [3.63, 3.8) is 0 Å². The Morgan fingerprint density at radius 2 is 2.04 bits per heavy atom. The summed E-state index contributed by atoms with van der Waals surface area (Å²) >= 11 is 1.23. The second kappa shape index (κ2) is 10.9. The minimum absolute atomic E-state index is 0.0920. The third kappa shape index (κ3) is 8.49. The Morgan fingerprint density at radius 3 is 2.74 bits per heavy atom. The average Bonchev–Trinajstić information content (AvgIpc) is 2.96. The highest BCUT2D eigenvalue weighted by atomic mass is 32.2. The van der Waals surface area contributed by atoms with E-state index in [2.05, 4.69) is 5.32 Å². The normalized spacial score (nSPS) is 18.9. The molecule has 1 aromatic carbocycles. The van der Waals surface area contributed by atoms with Gasteiger partial charge in [-0.25, -0.2) is 4.79 Å². The molecule has 27 heavy (non-hydrogen) atoms. The number of nitrogens with one attached hydrogen (secondary N) is 1. The van der Waals surface area contributed by atoms with Crippen LogP contribution in [0.5, 0.6) is 0 Å². The summed E-state index contributed by atoms with van der Waals surface area (Å²) in [6, 6.07) is 9.53. The largest absolute Gasteiger partial charge is 0.389 e. The third-order valence-corrected chi connectivity index (χ3v) is 6.82. The van der Waals surface area contributed by atoms with Gasteiger partial charge >= 0.3 is 13.6 Å². The number of aliphatic hydroxyl groups excluding tert-OH is 1. The van der Waals surface area contributed by atoms with Gasteiger partial charge in [0.05, 0.1) is 17.6 Å². The Morgan fingerprint density at radius 1 is 1.30 bits per heavy atom. The van der Waals surface area contributed by atoms with Gasteiger partial charge in [-0.05, 0) is 24.2 Å². The smallest absolute Gasteiger partial charge is 0.335 e. The van der Waals surface area contributed by atoms with Crippen LogP contribution in [0.2, 0.25) is 0 Å². The predicted octanol–water partition coefficient (Wildman–Crippen LogP) is 2.19. The second-order valence-electron chi connectivity index (χ2n) is 6.50. The first-order valence-corrected chi connectivity index (χ1v) is 11.9. The van der Waals surface area contributed by atoms with E-state index in [4.69, 9.17) is 9.79 Å². The standard InChI is InChI=1S/C18H27N2O5PS/c21-17(12-15-6-2-1-3-7-15)9-8-16-13-19-18(22)20(16)10-4-5-11-27-14-26(23,24)25/h1-3,6-9,16-17,21H,4-5,10-14H2,(H,19,22)(H2,23,24,25)/b9-8+/t16-,17?/m0/s1. The zero-order valence-corrected chi connectivity index (χ0v) is 16.8. The van der Waals surface area contributed by atoms with Crippen LogP contribution in [0, 0.1) is 0 Å². The molecule has 9 heteroatoms. The van der Waals surface area contributed by atoms with Crippen LogP contribution >= 0.6 is 19.4 Å². The molecule has 1 fully saturated rings. The van der Waals surface area contributed by atoms with E-state index in [-0.39, 0.29) is 17.6 Å². The molecule has 2 rings (SSSR count). The van der Waals surface area contributed by atoms with E-state index >= 15 is 0 Å². The first kappa shape index (κ1) is 22.0. The van der Waals surface area contributed by atoms with Gasteiger partial charge in [0.1, 0.15) is 0 Å². The minimum atomic E-state index is -3.94. The topological polar surface area (TPSA) is 110 Å². The highest BCUT2D eigenvalue weighted by Crippen LogP contribution is 2.38. The van der Waals surface area contributed by atoms with Gasteiger partial charge < -0.3 is 25.1 Å². The van der Waals surface area contributed by atoms with Gasteiger partial charge in [0, 0.05) is 19.5 Å². The molecule has 1 saturated heterocycles. The predicted molar refractivity (Wildman–Crippen MR) is 108 cm³/mol. The SMILES string of the molecule is O=C1NC[C@H](/C=C/C(O)Cc2ccccc2)N1CCCCSCP(=O)(O)O. The fourth-order valence-corrected chi connectivity index (χ4v) is 4.72. The molecule has 0 saturated carbocycles. The molecule has 0 aromatic heterocycles. The Labute approximate surface area is 164 Å². The second-order valence-corrected chi connectivity index (χ2v) is 9.68. The zero-order valence-electron chi connectivity index (χ0n) is 15.1. The van der Waals surface area contributed by atoms with Gasteiger partial charge in [-0.3, -0.25) is 4.57 Å². The maximum Gasteiger partial charge on any atom is 0.335 e. The molecule has 2 atom stereocenters.